The highest BCUT2D eigenvalue weighted by molar-refractivity contribution is 6.02. The van der Waals surface area contributed by atoms with Crippen molar-refractivity contribution in [1.82, 2.24) is 15.3 Å². The molecule has 0 saturated carbocycles. The molecule has 0 aliphatic heterocycles. The first-order chi connectivity index (χ1) is 14.7. The summed E-state index contributed by atoms with van der Waals surface area (Å²) in [7, 11) is 0. The lowest BCUT2D eigenvalue weighted by molar-refractivity contribution is 0.197. The van der Waals surface area contributed by atoms with Gasteiger partial charge in [0.15, 0.2) is 0 Å². The van der Waals surface area contributed by atoms with Crippen molar-refractivity contribution in [3.8, 4) is 0 Å². The molecule has 0 aliphatic rings. The van der Waals surface area contributed by atoms with Crippen molar-refractivity contribution in [1.29, 1.82) is 0 Å². The Morgan fingerprint density at radius 3 is 2.61 bits per heavy atom. The number of amides is 2. The van der Waals surface area contributed by atoms with Gasteiger partial charge < -0.3 is 10.4 Å². The topological polar surface area (TPSA) is 90.4 Å². The Morgan fingerprint density at radius 1 is 1.29 bits per heavy atom. The maximum Gasteiger partial charge on any atom is 0.329 e. The third-order valence-corrected chi connectivity index (χ3v) is 5.40. The minimum absolute atomic E-state index is 0.271. The molecule has 0 bridgehead atoms. The smallest absolute Gasteiger partial charge is 0.329 e. The molecule has 0 spiro atoms. The lowest BCUT2D eigenvalue weighted by atomic mass is 9.90. The average molecular weight is 426 g/mol. The number of rotatable bonds is 10. The molecule has 168 valence electrons. The summed E-state index contributed by atoms with van der Waals surface area (Å²) in [6.45, 7) is 14.3. The third-order valence-electron chi connectivity index (χ3n) is 5.40. The molecule has 2 aromatic heterocycles. The molecule has 0 aliphatic carbocycles. The number of carbonyl (C=O) groups is 1. The van der Waals surface area contributed by atoms with Gasteiger partial charge in [-0.3, -0.25) is 10.2 Å². The molecule has 0 saturated heterocycles. The molecule has 7 heteroatoms. The Morgan fingerprint density at radius 2 is 2.03 bits per heavy atom. The highest BCUT2D eigenvalue weighted by Crippen LogP contribution is 2.33. The Balaban J connectivity index is 2.48. The first-order valence-electron chi connectivity index (χ1n) is 10.8. The number of nitrogens with zero attached hydrogens (tertiary/aromatic N) is 3. The van der Waals surface area contributed by atoms with Crippen molar-refractivity contribution >= 4 is 23.4 Å². The summed E-state index contributed by atoms with van der Waals surface area (Å²) >= 11 is 0. The van der Waals surface area contributed by atoms with Gasteiger partial charge in [-0.1, -0.05) is 39.0 Å². The Hall–Kier alpha value is -2.93. The second kappa shape index (κ2) is 10.9. The molecule has 2 heterocycles. The van der Waals surface area contributed by atoms with Gasteiger partial charge >= 0.3 is 6.03 Å². The fraction of sp³-hybridized carbons (Fsp3) is 0.458. The van der Waals surface area contributed by atoms with E-state index in [1.807, 2.05) is 31.2 Å². The summed E-state index contributed by atoms with van der Waals surface area (Å²) in [6.07, 6.45) is 3.66. The van der Waals surface area contributed by atoms with Gasteiger partial charge in [-0.25, -0.2) is 14.8 Å². The standard InChI is InChI=1S/C24H35N5O2/c1-7-14-24(6,8-2)29(23(31)28-21-11-9-10-15-25-21)22-17(3)12-13-20(27-22)19(5)26-16-18(4)30/h9-13,15,18,26,30H,5,7-8,14,16H2,1-4,6H3,(H,25,28,31). The fourth-order valence-corrected chi connectivity index (χ4v) is 3.46. The van der Waals surface area contributed by atoms with Crippen LogP contribution in [0.5, 0.6) is 0 Å². The summed E-state index contributed by atoms with van der Waals surface area (Å²) in [6, 6.07) is 8.94. The van der Waals surface area contributed by atoms with Crippen LogP contribution in [0.25, 0.3) is 5.70 Å². The molecule has 2 rings (SSSR count). The average Bonchev–Trinajstić information content (AvgIpc) is 2.74. The molecule has 31 heavy (non-hydrogen) atoms. The van der Waals surface area contributed by atoms with Crippen LogP contribution in [0.15, 0.2) is 43.1 Å². The van der Waals surface area contributed by atoms with Gasteiger partial charge in [0.05, 0.1) is 17.5 Å². The molecule has 3 N–H and O–H groups in total. The highest BCUT2D eigenvalue weighted by Gasteiger charge is 2.36. The van der Waals surface area contributed by atoms with Crippen molar-refractivity contribution in [3.05, 3.63) is 54.4 Å². The number of urea groups is 1. The molecular weight excluding hydrogens is 390 g/mol. The Kier molecular flexibility index (Phi) is 8.56. The first-order valence-corrected chi connectivity index (χ1v) is 10.8. The van der Waals surface area contributed by atoms with E-state index < -0.39 is 11.6 Å². The van der Waals surface area contributed by atoms with Crippen LogP contribution in [0.4, 0.5) is 16.4 Å². The van der Waals surface area contributed by atoms with E-state index in [0.717, 1.165) is 24.8 Å². The SMILES string of the molecule is C=C(NCC(C)O)c1ccc(C)c(N(C(=O)Nc2ccccn2)C(C)(CC)CCC)n1. The predicted molar refractivity (Wildman–Crippen MR) is 127 cm³/mol. The number of carbonyl (C=O) groups excluding carboxylic acids is 1. The quantitative estimate of drug-likeness (QED) is 0.512. The van der Waals surface area contributed by atoms with Gasteiger partial charge in [0.25, 0.3) is 0 Å². The van der Waals surface area contributed by atoms with Gasteiger partial charge in [-0.15, -0.1) is 0 Å². The molecule has 2 aromatic rings. The predicted octanol–water partition coefficient (Wildman–Crippen LogP) is 4.73. The largest absolute Gasteiger partial charge is 0.392 e. The van der Waals surface area contributed by atoms with Crippen LogP contribution in [0, 0.1) is 6.92 Å². The monoisotopic (exact) mass is 425 g/mol. The van der Waals surface area contributed by atoms with E-state index in [4.69, 9.17) is 4.98 Å². The van der Waals surface area contributed by atoms with Crippen LogP contribution in [-0.2, 0) is 0 Å². The molecule has 2 atom stereocenters. The molecule has 0 radical (unpaired) electrons. The number of anilines is 2. The van der Waals surface area contributed by atoms with Crippen molar-refractivity contribution in [3.63, 3.8) is 0 Å². The van der Waals surface area contributed by atoms with Gasteiger partial charge in [0, 0.05) is 18.3 Å². The molecule has 7 nitrogen and oxygen atoms in total. The van der Waals surface area contributed by atoms with E-state index >= 15 is 0 Å². The summed E-state index contributed by atoms with van der Waals surface area (Å²) < 4.78 is 0. The Labute approximate surface area is 185 Å². The van der Waals surface area contributed by atoms with Crippen molar-refractivity contribution in [2.75, 3.05) is 16.8 Å². The number of aromatic nitrogens is 2. The van der Waals surface area contributed by atoms with Gasteiger partial charge in [0.2, 0.25) is 0 Å². The van der Waals surface area contributed by atoms with E-state index in [2.05, 4.69) is 43.0 Å². The molecular formula is C24H35N5O2. The first kappa shape index (κ1) is 24.3. The summed E-state index contributed by atoms with van der Waals surface area (Å²) in [5, 5.41) is 15.6. The second-order valence-corrected chi connectivity index (χ2v) is 8.13. The summed E-state index contributed by atoms with van der Waals surface area (Å²) in [4.78, 5) is 24.3. The van der Waals surface area contributed by atoms with Crippen LogP contribution in [-0.4, -0.2) is 39.3 Å². The zero-order chi connectivity index (χ0) is 23.0. The van der Waals surface area contributed by atoms with Gasteiger partial charge in [0.1, 0.15) is 11.6 Å². The molecule has 0 fully saturated rings. The zero-order valence-corrected chi connectivity index (χ0v) is 19.3. The second-order valence-electron chi connectivity index (χ2n) is 8.13. The minimum Gasteiger partial charge on any atom is -0.392 e. The van der Waals surface area contributed by atoms with E-state index in [-0.39, 0.29) is 6.03 Å². The molecule has 2 amide bonds. The van der Waals surface area contributed by atoms with E-state index in [0.29, 0.717) is 29.6 Å². The lowest BCUT2D eigenvalue weighted by Gasteiger charge is -2.40. The van der Waals surface area contributed by atoms with Gasteiger partial charge in [-0.2, -0.15) is 0 Å². The number of aliphatic hydroxyl groups excluding tert-OH is 1. The van der Waals surface area contributed by atoms with Crippen LogP contribution in [0.2, 0.25) is 0 Å². The van der Waals surface area contributed by atoms with Crippen LogP contribution < -0.4 is 15.5 Å². The number of aliphatic hydroxyl groups is 1. The van der Waals surface area contributed by atoms with Crippen molar-refractivity contribution in [2.45, 2.75) is 65.5 Å². The maximum absolute atomic E-state index is 13.5. The number of hydrogen-bond donors (Lipinski definition) is 3. The number of hydrogen-bond acceptors (Lipinski definition) is 5. The van der Waals surface area contributed by atoms with Crippen LogP contribution >= 0.6 is 0 Å². The highest BCUT2D eigenvalue weighted by atomic mass is 16.3. The minimum atomic E-state index is -0.504. The normalized spacial score (nSPS) is 13.7. The van der Waals surface area contributed by atoms with Crippen LogP contribution in [0.1, 0.15) is 58.2 Å². The lowest BCUT2D eigenvalue weighted by Crippen LogP contribution is -2.52. The maximum atomic E-state index is 13.5. The van der Waals surface area contributed by atoms with E-state index in [9.17, 15) is 9.90 Å². The van der Waals surface area contributed by atoms with Crippen molar-refractivity contribution < 1.29 is 9.90 Å². The van der Waals surface area contributed by atoms with Gasteiger partial charge in [-0.05, 0) is 57.4 Å². The Bertz CT molecular complexity index is 885. The fourth-order valence-electron chi connectivity index (χ4n) is 3.46. The zero-order valence-electron chi connectivity index (χ0n) is 19.3. The number of nitrogens with one attached hydrogen (secondary N) is 2. The molecule has 2 unspecified atom stereocenters. The van der Waals surface area contributed by atoms with E-state index in [1.165, 1.54) is 0 Å². The van der Waals surface area contributed by atoms with Crippen LogP contribution in [0.3, 0.4) is 0 Å². The van der Waals surface area contributed by atoms with E-state index in [1.54, 1.807) is 24.1 Å². The third kappa shape index (κ3) is 6.28. The summed E-state index contributed by atoms with van der Waals surface area (Å²) in [5.74, 6) is 1.08. The number of aryl methyl sites for hydroxylation is 1. The number of pyridine rings is 2. The summed E-state index contributed by atoms with van der Waals surface area (Å²) in [5.41, 5.74) is 1.69. The molecule has 0 aromatic carbocycles. The van der Waals surface area contributed by atoms with Crippen molar-refractivity contribution in [2.24, 2.45) is 0 Å².